The number of aromatic nitrogens is 2. The summed E-state index contributed by atoms with van der Waals surface area (Å²) in [5.74, 6) is 1.07. The smallest absolute Gasteiger partial charge is 0.264 e. The van der Waals surface area contributed by atoms with E-state index < -0.39 is 0 Å². The fourth-order valence-corrected chi connectivity index (χ4v) is 2.62. The number of aromatic amines is 1. The number of hydrogen-bond donors (Lipinski definition) is 1. The highest BCUT2D eigenvalue weighted by molar-refractivity contribution is 14.1. The summed E-state index contributed by atoms with van der Waals surface area (Å²) in [5.41, 5.74) is 0.866. The van der Waals surface area contributed by atoms with Crippen molar-refractivity contribution in [3.63, 3.8) is 0 Å². The number of halogens is 1. The topological polar surface area (TPSA) is 64.2 Å². The van der Waals surface area contributed by atoms with Crippen LogP contribution in [-0.4, -0.2) is 29.8 Å². The Balaban J connectivity index is 1.96. The van der Waals surface area contributed by atoms with Crippen LogP contribution in [0.4, 0.5) is 0 Å². The molecule has 1 N–H and O–H groups in total. The van der Waals surface area contributed by atoms with Crippen molar-refractivity contribution in [2.45, 2.75) is 24.9 Å². The average Bonchev–Trinajstić information content (AvgIpc) is 3.18. The van der Waals surface area contributed by atoms with Crippen LogP contribution in [0.25, 0.3) is 0 Å². The molecule has 2 aliphatic rings. The molecule has 92 valence electrons. The van der Waals surface area contributed by atoms with E-state index in [9.17, 15) is 4.79 Å². The Morgan fingerprint density at radius 3 is 2.82 bits per heavy atom. The first kappa shape index (κ1) is 11.6. The van der Waals surface area contributed by atoms with Gasteiger partial charge in [-0.3, -0.25) is 4.79 Å². The standard InChI is InChI=1S/C11H13IN2O3/c12-8-9(6-1-2-6)13-10(14-11(8)15)7-5-16-3-4-17-7/h6-7H,1-5H2,(H,13,14,15). The summed E-state index contributed by atoms with van der Waals surface area (Å²) in [6.07, 6.45) is 2.04. The third-order valence-electron chi connectivity index (χ3n) is 2.99. The van der Waals surface area contributed by atoms with Gasteiger partial charge < -0.3 is 14.5 Å². The molecule has 2 fully saturated rings. The van der Waals surface area contributed by atoms with Crippen LogP contribution >= 0.6 is 22.6 Å². The van der Waals surface area contributed by atoms with Gasteiger partial charge in [-0.1, -0.05) is 0 Å². The molecule has 1 aromatic rings. The van der Waals surface area contributed by atoms with Gasteiger partial charge in [-0.25, -0.2) is 4.98 Å². The molecule has 2 heterocycles. The van der Waals surface area contributed by atoms with Crippen LogP contribution in [0.1, 0.15) is 36.4 Å². The minimum Gasteiger partial charge on any atom is -0.376 e. The fourth-order valence-electron chi connectivity index (χ4n) is 1.92. The van der Waals surface area contributed by atoms with Crippen molar-refractivity contribution in [1.29, 1.82) is 0 Å². The highest BCUT2D eigenvalue weighted by atomic mass is 127. The molecule has 17 heavy (non-hydrogen) atoms. The van der Waals surface area contributed by atoms with Crippen LogP contribution in [0.2, 0.25) is 0 Å². The van der Waals surface area contributed by atoms with Gasteiger partial charge in [0.15, 0.2) is 0 Å². The third kappa shape index (κ3) is 2.38. The highest BCUT2D eigenvalue weighted by Crippen LogP contribution is 2.40. The number of rotatable bonds is 2. The minimum absolute atomic E-state index is 0.0633. The van der Waals surface area contributed by atoms with Gasteiger partial charge in [0.2, 0.25) is 0 Å². The normalized spacial score (nSPS) is 24.9. The largest absolute Gasteiger partial charge is 0.376 e. The van der Waals surface area contributed by atoms with E-state index in [0.717, 1.165) is 18.5 Å². The van der Waals surface area contributed by atoms with Gasteiger partial charge in [-0.15, -0.1) is 0 Å². The lowest BCUT2D eigenvalue weighted by molar-refractivity contribution is -0.0936. The van der Waals surface area contributed by atoms with Crippen molar-refractivity contribution in [2.75, 3.05) is 19.8 Å². The highest BCUT2D eigenvalue weighted by Gasteiger charge is 2.30. The zero-order valence-corrected chi connectivity index (χ0v) is 11.4. The summed E-state index contributed by atoms with van der Waals surface area (Å²) in [6, 6.07) is 0. The Labute approximate surface area is 112 Å². The van der Waals surface area contributed by atoms with E-state index in [-0.39, 0.29) is 11.7 Å². The van der Waals surface area contributed by atoms with E-state index in [1.165, 1.54) is 0 Å². The van der Waals surface area contributed by atoms with E-state index in [1.54, 1.807) is 0 Å². The number of H-pyrrole nitrogens is 1. The van der Waals surface area contributed by atoms with Crippen molar-refractivity contribution in [1.82, 2.24) is 9.97 Å². The first-order valence-electron chi connectivity index (χ1n) is 5.74. The lowest BCUT2D eigenvalue weighted by atomic mass is 10.2. The van der Waals surface area contributed by atoms with Gasteiger partial charge in [0, 0.05) is 5.92 Å². The number of nitrogens with one attached hydrogen (secondary N) is 1. The molecule has 6 heteroatoms. The molecule has 0 aromatic carbocycles. The summed E-state index contributed by atoms with van der Waals surface area (Å²) in [5, 5.41) is 0. The van der Waals surface area contributed by atoms with E-state index in [1.807, 2.05) is 0 Å². The van der Waals surface area contributed by atoms with Gasteiger partial charge in [-0.05, 0) is 35.4 Å². The fraction of sp³-hybridized carbons (Fsp3) is 0.636. The van der Waals surface area contributed by atoms with Crippen molar-refractivity contribution in [3.05, 3.63) is 25.4 Å². The molecule has 5 nitrogen and oxygen atoms in total. The number of ether oxygens (including phenoxy) is 2. The monoisotopic (exact) mass is 348 g/mol. The van der Waals surface area contributed by atoms with Gasteiger partial charge >= 0.3 is 0 Å². The second kappa shape index (κ2) is 4.66. The Morgan fingerprint density at radius 2 is 2.18 bits per heavy atom. The number of nitrogens with zero attached hydrogens (tertiary/aromatic N) is 1. The molecule has 0 spiro atoms. The van der Waals surface area contributed by atoms with Crippen LogP contribution < -0.4 is 5.56 Å². The van der Waals surface area contributed by atoms with E-state index in [4.69, 9.17) is 9.47 Å². The maximum absolute atomic E-state index is 11.8. The van der Waals surface area contributed by atoms with Crippen LogP contribution in [0, 0.1) is 3.57 Å². The first-order valence-corrected chi connectivity index (χ1v) is 6.82. The molecule has 1 aliphatic heterocycles. The Hall–Kier alpha value is -0.470. The maximum Gasteiger partial charge on any atom is 0.264 e. The Bertz CT molecular complexity index is 478. The molecule has 1 aromatic heterocycles. The lowest BCUT2D eigenvalue weighted by Crippen LogP contribution is -2.27. The molecular weight excluding hydrogens is 335 g/mol. The van der Waals surface area contributed by atoms with Crippen molar-refractivity contribution in [2.24, 2.45) is 0 Å². The summed E-state index contributed by atoms with van der Waals surface area (Å²) in [4.78, 5) is 19.2. The zero-order chi connectivity index (χ0) is 11.8. The van der Waals surface area contributed by atoms with Crippen LogP contribution in [0.5, 0.6) is 0 Å². The van der Waals surface area contributed by atoms with Crippen LogP contribution in [0.15, 0.2) is 4.79 Å². The van der Waals surface area contributed by atoms with E-state index in [2.05, 4.69) is 32.6 Å². The second-order valence-electron chi connectivity index (χ2n) is 4.36. The molecular formula is C11H13IN2O3. The van der Waals surface area contributed by atoms with Crippen LogP contribution in [0.3, 0.4) is 0 Å². The van der Waals surface area contributed by atoms with Crippen molar-refractivity contribution >= 4 is 22.6 Å². The summed E-state index contributed by atoms with van der Waals surface area (Å²) < 4.78 is 11.6. The molecule has 1 saturated heterocycles. The summed E-state index contributed by atoms with van der Waals surface area (Å²) in [7, 11) is 0. The minimum atomic E-state index is -0.231. The maximum atomic E-state index is 11.8. The molecule has 0 amide bonds. The van der Waals surface area contributed by atoms with Gasteiger partial charge in [0.05, 0.1) is 29.1 Å². The lowest BCUT2D eigenvalue weighted by Gasteiger charge is -2.22. The molecule has 1 aliphatic carbocycles. The summed E-state index contributed by atoms with van der Waals surface area (Å²) in [6.45, 7) is 1.63. The average molecular weight is 348 g/mol. The van der Waals surface area contributed by atoms with Gasteiger partial charge in [0.25, 0.3) is 5.56 Å². The molecule has 3 rings (SSSR count). The number of hydrogen-bond acceptors (Lipinski definition) is 4. The predicted molar refractivity (Wildman–Crippen MR) is 69.1 cm³/mol. The molecule has 1 atom stereocenters. The predicted octanol–water partition coefficient (Wildman–Crippen LogP) is 1.34. The third-order valence-corrected chi connectivity index (χ3v) is 4.03. The molecule has 1 saturated carbocycles. The van der Waals surface area contributed by atoms with Gasteiger partial charge in [0.1, 0.15) is 11.9 Å². The first-order chi connectivity index (χ1) is 8.25. The van der Waals surface area contributed by atoms with Crippen LogP contribution in [-0.2, 0) is 9.47 Å². The Morgan fingerprint density at radius 1 is 1.35 bits per heavy atom. The quantitative estimate of drug-likeness (QED) is 0.820. The molecule has 1 unspecified atom stereocenters. The van der Waals surface area contributed by atoms with Crippen molar-refractivity contribution in [3.8, 4) is 0 Å². The second-order valence-corrected chi connectivity index (χ2v) is 5.44. The SMILES string of the molecule is O=c1[nH]c(C2COCCO2)nc(C2CC2)c1I. The van der Waals surface area contributed by atoms with E-state index in [0.29, 0.717) is 35.1 Å². The van der Waals surface area contributed by atoms with Crippen molar-refractivity contribution < 1.29 is 9.47 Å². The van der Waals surface area contributed by atoms with Gasteiger partial charge in [-0.2, -0.15) is 0 Å². The Kier molecular flexibility index (Phi) is 3.18. The zero-order valence-electron chi connectivity index (χ0n) is 9.24. The molecule has 0 radical (unpaired) electrons. The summed E-state index contributed by atoms with van der Waals surface area (Å²) >= 11 is 2.07. The van der Waals surface area contributed by atoms with E-state index >= 15 is 0 Å². The molecule has 0 bridgehead atoms.